The number of halogens is 2. The van der Waals surface area contributed by atoms with Gasteiger partial charge in [-0.3, -0.25) is 0 Å². The van der Waals surface area contributed by atoms with Gasteiger partial charge in [0.1, 0.15) is 18.2 Å². The van der Waals surface area contributed by atoms with Gasteiger partial charge >= 0.3 is 0 Å². The Morgan fingerprint density at radius 1 is 1.03 bits per heavy atom. The standard InChI is InChI=1S/C24H22BrFN4O3S/c1-31-20-6-4-3-5-17(20)23-28-29-24(34)30(23)27-13-18-19(25)11-12-21(32-2)22(18)33-14-15-7-9-16(26)10-8-15/h3-12,27H,13-14H2,1-2H3,(H,29,34). The Bertz CT molecular complexity index is 1340. The van der Waals surface area contributed by atoms with E-state index in [0.717, 1.165) is 21.2 Å². The van der Waals surface area contributed by atoms with Gasteiger partial charge in [0, 0.05) is 10.0 Å². The van der Waals surface area contributed by atoms with Crippen LogP contribution in [0.25, 0.3) is 11.4 Å². The Hall–Kier alpha value is -3.37. The lowest BCUT2D eigenvalue weighted by atomic mass is 10.1. The second kappa shape index (κ2) is 10.7. The zero-order chi connectivity index (χ0) is 24.1. The Labute approximate surface area is 209 Å². The van der Waals surface area contributed by atoms with E-state index in [0.29, 0.717) is 34.4 Å². The van der Waals surface area contributed by atoms with Gasteiger partial charge < -0.3 is 19.6 Å². The molecule has 0 aliphatic carbocycles. The van der Waals surface area contributed by atoms with Gasteiger partial charge in [0.25, 0.3) is 0 Å². The molecule has 0 saturated heterocycles. The lowest BCUT2D eigenvalue weighted by Gasteiger charge is -2.18. The summed E-state index contributed by atoms with van der Waals surface area (Å²) >= 11 is 9.06. The molecule has 0 atom stereocenters. The third-order valence-corrected chi connectivity index (χ3v) is 6.13. The molecule has 0 aliphatic rings. The number of rotatable bonds is 9. The predicted octanol–water partition coefficient (Wildman–Crippen LogP) is 5.85. The molecule has 4 aromatic rings. The maximum Gasteiger partial charge on any atom is 0.214 e. The third kappa shape index (κ3) is 5.07. The summed E-state index contributed by atoms with van der Waals surface area (Å²) in [5.74, 6) is 2.09. The van der Waals surface area contributed by atoms with Crippen LogP contribution in [0.3, 0.4) is 0 Å². The molecule has 0 spiro atoms. The first-order valence-electron chi connectivity index (χ1n) is 10.3. The van der Waals surface area contributed by atoms with E-state index >= 15 is 0 Å². The SMILES string of the molecule is COc1ccccc1-c1n[nH]c(=S)n1NCc1c(Br)ccc(OC)c1OCc1ccc(F)cc1. The van der Waals surface area contributed by atoms with Crippen molar-refractivity contribution < 1.29 is 18.6 Å². The Balaban J connectivity index is 1.63. The number of para-hydroxylation sites is 1. The van der Waals surface area contributed by atoms with Crippen LogP contribution >= 0.6 is 28.1 Å². The Kier molecular flexibility index (Phi) is 7.49. The van der Waals surface area contributed by atoms with Gasteiger partial charge in [-0.05, 0) is 54.2 Å². The van der Waals surface area contributed by atoms with Crippen molar-refractivity contribution in [1.29, 1.82) is 0 Å². The first-order chi connectivity index (χ1) is 16.5. The number of nitrogens with one attached hydrogen (secondary N) is 2. The van der Waals surface area contributed by atoms with Crippen LogP contribution in [0.2, 0.25) is 0 Å². The molecule has 176 valence electrons. The van der Waals surface area contributed by atoms with E-state index in [-0.39, 0.29) is 12.4 Å². The first-order valence-corrected chi connectivity index (χ1v) is 11.5. The van der Waals surface area contributed by atoms with E-state index in [4.69, 9.17) is 26.4 Å². The number of aromatic amines is 1. The van der Waals surface area contributed by atoms with Crippen molar-refractivity contribution in [2.24, 2.45) is 0 Å². The van der Waals surface area contributed by atoms with E-state index in [1.807, 2.05) is 36.4 Å². The van der Waals surface area contributed by atoms with Crippen molar-refractivity contribution in [1.82, 2.24) is 14.9 Å². The molecule has 4 rings (SSSR count). The third-order valence-electron chi connectivity index (χ3n) is 5.12. The van der Waals surface area contributed by atoms with Crippen LogP contribution < -0.4 is 19.6 Å². The molecule has 0 radical (unpaired) electrons. The molecule has 0 unspecified atom stereocenters. The molecule has 2 N–H and O–H groups in total. The molecule has 0 aliphatic heterocycles. The number of aromatic nitrogens is 3. The molecule has 10 heteroatoms. The summed E-state index contributed by atoms with van der Waals surface area (Å²) < 4.78 is 33.3. The van der Waals surface area contributed by atoms with Gasteiger partial charge in [-0.2, -0.15) is 5.10 Å². The molecule has 0 amide bonds. The fourth-order valence-electron chi connectivity index (χ4n) is 3.41. The van der Waals surface area contributed by atoms with Crippen molar-refractivity contribution in [2.45, 2.75) is 13.2 Å². The molecule has 3 aromatic carbocycles. The van der Waals surface area contributed by atoms with E-state index in [9.17, 15) is 4.39 Å². The van der Waals surface area contributed by atoms with Crippen LogP contribution in [-0.2, 0) is 13.2 Å². The van der Waals surface area contributed by atoms with E-state index < -0.39 is 0 Å². The predicted molar refractivity (Wildman–Crippen MR) is 134 cm³/mol. The van der Waals surface area contributed by atoms with Gasteiger partial charge in [-0.25, -0.2) is 14.2 Å². The second-order valence-corrected chi connectivity index (χ2v) is 8.44. The number of hydrogen-bond donors (Lipinski definition) is 2. The first kappa shape index (κ1) is 23.8. The molecule has 7 nitrogen and oxygen atoms in total. The number of benzene rings is 3. The molecule has 0 bridgehead atoms. The fraction of sp³-hybridized carbons (Fsp3) is 0.167. The summed E-state index contributed by atoms with van der Waals surface area (Å²) in [4.78, 5) is 0. The molecule has 1 heterocycles. The van der Waals surface area contributed by atoms with Crippen LogP contribution in [-0.4, -0.2) is 29.1 Å². The summed E-state index contributed by atoms with van der Waals surface area (Å²) in [6.07, 6.45) is 0. The molecule has 0 saturated carbocycles. The highest BCUT2D eigenvalue weighted by molar-refractivity contribution is 9.10. The van der Waals surface area contributed by atoms with Crippen molar-refractivity contribution in [3.8, 4) is 28.6 Å². The summed E-state index contributed by atoms with van der Waals surface area (Å²) in [6, 6.07) is 17.4. The molecule has 0 fully saturated rings. The van der Waals surface area contributed by atoms with E-state index in [1.165, 1.54) is 12.1 Å². The largest absolute Gasteiger partial charge is 0.496 e. The van der Waals surface area contributed by atoms with Gasteiger partial charge in [0.2, 0.25) is 4.77 Å². The molecule has 34 heavy (non-hydrogen) atoms. The summed E-state index contributed by atoms with van der Waals surface area (Å²) in [5, 5.41) is 7.20. The normalized spacial score (nSPS) is 10.7. The van der Waals surface area contributed by atoms with Gasteiger partial charge in [0.05, 0.1) is 26.3 Å². The number of hydrogen-bond acceptors (Lipinski definition) is 6. The minimum Gasteiger partial charge on any atom is -0.496 e. The number of nitrogens with zero attached hydrogens (tertiary/aromatic N) is 2. The summed E-state index contributed by atoms with van der Waals surface area (Å²) in [5.41, 5.74) is 5.74. The lowest BCUT2D eigenvalue weighted by Crippen LogP contribution is -2.17. The monoisotopic (exact) mass is 544 g/mol. The van der Waals surface area contributed by atoms with Crippen molar-refractivity contribution in [3.63, 3.8) is 0 Å². The van der Waals surface area contributed by atoms with Crippen LogP contribution in [0.5, 0.6) is 17.2 Å². The van der Waals surface area contributed by atoms with Crippen molar-refractivity contribution in [2.75, 3.05) is 19.6 Å². The van der Waals surface area contributed by atoms with Crippen LogP contribution in [0, 0.1) is 10.6 Å². The van der Waals surface area contributed by atoms with Crippen molar-refractivity contribution >= 4 is 28.1 Å². The minimum absolute atomic E-state index is 0.248. The van der Waals surface area contributed by atoms with Crippen LogP contribution in [0.1, 0.15) is 11.1 Å². The average molecular weight is 545 g/mol. The van der Waals surface area contributed by atoms with Gasteiger partial charge in [-0.1, -0.05) is 40.2 Å². The van der Waals surface area contributed by atoms with Crippen LogP contribution in [0.4, 0.5) is 4.39 Å². The van der Waals surface area contributed by atoms with E-state index in [2.05, 4.69) is 31.6 Å². The highest BCUT2D eigenvalue weighted by atomic mass is 79.9. The maximum atomic E-state index is 13.3. The topological polar surface area (TPSA) is 73.3 Å². The highest BCUT2D eigenvalue weighted by Gasteiger charge is 2.18. The molecular weight excluding hydrogens is 523 g/mol. The zero-order valence-corrected chi connectivity index (χ0v) is 20.9. The zero-order valence-electron chi connectivity index (χ0n) is 18.5. The Morgan fingerprint density at radius 3 is 2.50 bits per heavy atom. The smallest absolute Gasteiger partial charge is 0.214 e. The lowest BCUT2D eigenvalue weighted by molar-refractivity contribution is 0.281. The average Bonchev–Trinajstić information content (AvgIpc) is 3.23. The van der Waals surface area contributed by atoms with E-state index in [1.54, 1.807) is 31.0 Å². The van der Waals surface area contributed by atoms with Gasteiger partial charge in [0.15, 0.2) is 17.3 Å². The maximum absolute atomic E-state index is 13.3. The number of ether oxygens (including phenoxy) is 3. The number of methoxy groups -OCH3 is 2. The van der Waals surface area contributed by atoms with Crippen LogP contribution in [0.15, 0.2) is 65.1 Å². The van der Waals surface area contributed by atoms with Crippen molar-refractivity contribution in [3.05, 3.63) is 86.9 Å². The summed E-state index contributed by atoms with van der Waals surface area (Å²) in [7, 11) is 3.19. The highest BCUT2D eigenvalue weighted by Crippen LogP contribution is 2.37. The summed E-state index contributed by atoms with van der Waals surface area (Å²) in [6.45, 7) is 0.588. The quantitative estimate of drug-likeness (QED) is 0.257. The molecule has 1 aromatic heterocycles. The second-order valence-electron chi connectivity index (χ2n) is 7.20. The minimum atomic E-state index is -0.295. The van der Waals surface area contributed by atoms with Gasteiger partial charge in [-0.15, -0.1) is 0 Å². The molecular formula is C24H22BrFN4O3S. The Morgan fingerprint density at radius 2 is 1.76 bits per heavy atom. The fourth-order valence-corrected chi connectivity index (χ4v) is 4.06. The number of H-pyrrole nitrogens is 1.